The van der Waals surface area contributed by atoms with Gasteiger partial charge in [-0.15, -0.1) is 0 Å². The molecule has 1 aliphatic carbocycles. The standard InChI is InChI=1S/C21H20ClFN4/c1-12-6-14(11-24-10-12)25-20-16-8-21(2,3)9-18(16)26-19(27-20)15-7-13(22)4-5-17(15)23/h4-7,10-11H,8-9H2,1-3H3,(H,25,26,27). The molecule has 1 N–H and O–H groups in total. The van der Waals surface area contributed by atoms with E-state index in [0.717, 1.165) is 35.3 Å². The molecule has 0 spiro atoms. The molecular formula is C21H20ClFN4. The molecule has 3 aromatic rings. The van der Waals surface area contributed by atoms with Crippen molar-refractivity contribution in [2.24, 2.45) is 5.41 Å². The molecular weight excluding hydrogens is 363 g/mol. The van der Waals surface area contributed by atoms with Crippen molar-refractivity contribution in [2.45, 2.75) is 33.6 Å². The minimum absolute atomic E-state index is 0.0871. The molecule has 0 saturated carbocycles. The van der Waals surface area contributed by atoms with E-state index in [2.05, 4.69) is 34.1 Å². The van der Waals surface area contributed by atoms with Crippen LogP contribution in [0, 0.1) is 18.2 Å². The van der Waals surface area contributed by atoms with Crippen LogP contribution in [0.25, 0.3) is 11.4 Å². The second kappa shape index (κ2) is 6.57. The molecule has 0 atom stereocenters. The van der Waals surface area contributed by atoms with Gasteiger partial charge in [-0.05, 0) is 55.0 Å². The molecule has 1 aromatic carbocycles. The lowest BCUT2D eigenvalue weighted by molar-refractivity contribution is 0.391. The lowest BCUT2D eigenvalue weighted by Gasteiger charge is -2.15. The summed E-state index contributed by atoms with van der Waals surface area (Å²) in [6.07, 6.45) is 5.23. The Balaban J connectivity index is 1.84. The van der Waals surface area contributed by atoms with Crippen LogP contribution in [0.2, 0.25) is 5.02 Å². The summed E-state index contributed by atoms with van der Waals surface area (Å²) in [7, 11) is 0. The number of aryl methyl sites for hydroxylation is 1. The van der Waals surface area contributed by atoms with E-state index in [1.54, 1.807) is 18.5 Å². The fraction of sp³-hybridized carbons (Fsp3) is 0.286. The summed E-state index contributed by atoms with van der Waals surface area (Å²) in [4.78, 5) is 13.6. The van der Waals surface area contributed by atoms with Crippen molar-refractivity contribution in [2.75, 3.05) is 5.32 Å². The van der Waals surface area contributed by atoms with Crippen molar-refractivity contribution in [1.82, 2.24) is 15.0 Å². The number of nitrogens with zero attached hydrogens (tertiary/aromatic N) is 3. The molecule has 27 heavy (non-hydrogen) atoms. The van der Waals surface area contributed by atoms with Crippen LogP contribution < -0.4 is 5.32 Å². The monoisotopic (exact) mass is 382 g/mol. The molecule has 2 aromatic heterocycles. The number of halogens is 2. The zero-order valence-corrected chi connectivity index (χ0v) is 16.2. The predicted octanol–water partition coefficient (Wildman–Crippen LogP) is 5.51. The quantitative estimate of drug-likeness (QED) is 0.649. The highest BCUT2D eigenvalue weighted by Gasteiger charge is 2.33. The third-order valence-corrected chi connectivity index (χ3v) is 4.94. The Morgan fingerprint density at radius 3 is 2.70 bits per heavy atom. The smallest absolute Gasteiger partial charge is 0.164 e. The van der Waals surface area contributed by atoms with Crippen LogP contribution in [0.3, 0.4) is 0 Å². The van der Waals surface area contributed by atoms with Gasteiger partial charge in [0.1, 0.15) is 11.6 Å². The number of hydrogen-bond acceptors (Lipinski definition) is 4. The number of pyridine rings is 1. The van der Waals surface area contributed by atoms with E-state index in [1.165, 1.54) is 12.1 Å². The largest absolute Gasteiger partial charge is 0.339 e. The first-order valence-corrected chi connectivity index (χ1v) is 9.22. The third-order valence-electron chi connectivity index (χ3n) is 4.70. The summed E-state index contributed by atoms with van der Waals surface area (Å²) < 4.78 is 14.4. The van der Waals surface area contributed by atoms with E-state index in [0.29, 0.717) is 22.2 Å². The maximum atomic E-state index is 14.4. The molecule has 0 radical (unpaired) electrons. The highest BCUT2D eigenvalue weighted by Crippen LogP contribution is 2.40. The molecule has 4 rings (SSSR count). The molecule has 0 fully saturated rings. The fourth-order valence-corrected chi connectivity index (χ4v) is 3.68. The van der Waals surface area contributed by atoms with E-state index >= 15 is 0 Å². The fourth-order valence-electron chi connectivity index (χ4n) is 3.51. The van der Waals surface area contributed by atoms with Gasteiger partial charge in [0, 0.05) is 16.8 Å². The van der Waals surface area contributed by atoms with Crippen LogP contribution in [0.5, 0.6) is 0 Å². The van der Waals surface area contributed by atoms with Crippen LogP contribution in [-0.2, 0) is 12.8 Å². The molecule has 0 saturated heterocycles. The number of rotatable bonds is 3. The van der Waals surface area contributed by atoms with Gasteiger partial charge in [0.25, 0.3) is 0 Å². The molecule has 4 nitrogen and oxygen atoms in total. The van der Waals surface area contributed by atoms with Crippen LogP contribution >= 0.6 is 11.6 Å². The molecule has 0 amide bonds. The van der Waals surface area contributed by atoms with Crippen LogP contribution in [0.15, 0.2) is 36.7 Å². The highest BCUT2D eigenvalue weighted by atomic mass is 35.5. The molecule has 2 heterocycles. The molecule has 0 unspecified atom stereocenters. The van der Waals surface area contributed by atoms with E-state index in [4.69, 9.17) is 11.6 Å². The summed E-state index contributed by atoms with van der Waals surface area (Å²) in [5, 5.41) is 3.81. The van der Waals surface area contributed by atoms with Gasteiger partial charge in [0.05, 0.1) is 23.1 Å². The predicted molar refractivity (Wildman–Crippen MR) is 106 cm³/mol. The SMILES string of the molecule is Cc1cncc(Nc2nc(-c3cc(Cl)ccc3F)nc3c2CC(C)(C)C3)c1. The van der Waals surface area contributed by atoms with Gasteiger partial charge in [-0.3, -0.25) is 4.98 Å². The van der Waals surface area contributed by atoms with Crippen molar-refractivity contribution < 1.29 is 4.39 Å². The van der Waals surface area contributed by atoms with Crippen molar-refractivity contribution in [3.63, 3.8) is 0 Å². The lowest BCUT2D eigenvalue weighted by atomic mass is 9.90. The average molecular weight is 383 g/mol. The van der Waals surface area contributed by atoms with E-state index in [9.17, 15) is 4.39 Å². The van der Waals surface area contributed by atoms with Gasteiger partial charge in [0.15, 0.2) is 5.82 Å². The normalized spacial score (nSPS) is 14.9. The first-order valence-electron chi connectivity index (χ1n) is 8.85. The van der Waals surface area contributed by atoms with Gasteiger partial charge >= 0.3 is 0 Å². The summed E-state index contributed by atoms with van der Waals surface area (Å²) in [6.45, 7) is 6.39. The molecule has 1 aliphatic rings. The highest BCUT2D eigenvalue weighted by molar-refractivity contribution is 6.30. The first kappa shape index (κ1) is 17.9. The molecule has 138 valence electrons. The summed E-state index contributed by atoms with van der Waals surface area (Å²) in [5.74, 6) is 0.654. The number of hydrogen-bond donors (Lipinski definition) is 1. The van der Waals surface area contributed by atoms with Gasteiger partial charge in [-0.25, -0.2) is 14.4 Å². The van der Waals surface area contributed by atoms with E-state index in [1.807, 2.05) is 13.0 Å². The van der Waals surface area contributed by atoms with Gasteiger partial charge in [-0.2, -0.15) is 0 Å². The number of fused-ring (bicyclic) bond motifs is 1. The third kappa shape index (κ3) is 3.65. The molecule has 6 heteroatoms. The Hall–Kier alpha value is -2.53. The Morgan fingerprint density at radius 2 is 1.93 bits per heavy atom. The van der Waals surface area contributed by atoms with Crippen molar-refractivity contribution in [3.8, 4) is 11.4 Å². The van der Waals surface area contributed by atoms with Crippen LogP contribution in [0.1, 0.15) is 30.7 Å². The Morgan fingerprint density at radius 1 is 1.11 bits per heavy atom. The maximum Gasteiger partial charge on any atom is 0.164 e. The minimum atomic E-state index is -0.389. The van der Waals surface area contributed by atoms with Gasteiger partial charge in [-0.1, -0.05) is 25.4 Å². The van der Waals surface area contributed by atoms with E-state index in [-0.39, 0.29) is 11.2 Å². The Kier molecular flexibility index (Phi) is 4.35. The number of nitrogens with one attached hydrogen (secondary N) is 1. The van der Waals surface area contributed by atoms with Crippen molar-refractivity contribution in [3.05, 3.63) is 64.3 Å². The molecule has 0 aliphatic heterocycles. The topological polar surface area (TPSA) is 50.7 Å². The zero-order chi connectivity index (χ0) is 19.2. The lowest BCUT2D eigenvalue weighted by Crippen LogP contribution is -2.10. The van der Waals surface area contributed by atoms with Gasteiger partial charge in [0.2, 0.25) is 0 Å². The minimum Gasteiger partial charge on any atom is -0.339 e. The second-order valence-electron chi connectivity index (χ2n) is 7.84. The first-order chi connectivity index (χ1) is 12.8. The average Bonchev–Trinajstić information content (AvgIpc) is 2.91. The zero-order valence-electron chi connectivity index (χ0n) is 15.5. The summed E-state index contributed by atoms with van der Waals surface area (Å²) in [6, 6.07) is 6.43. The Labute approximate surface area is 162 Å². The van der Waals surface area contributed by atoms with Crippen molar-refractivity contribution >= 4 is 23.1 Å². The Bertz CT molecular complexity index is 1030. The maximum absolute atomic E-state index is 14.4. The van der Waals surface area contributed by atoms with Gasteiger partial charge < -0.3 is 5.32 Å². The van der Waals surface area contributed by atoms with Crippen LogP contribution in [0.4, 0.5) is 15.9 Å². The van der Waals surface area contributed by atoms with Crippen LogP contribution in [-0.4, -0.2) is 15.0 Å². The number of aromatic nitrogens is 3. The molecule has 0 bridgehead atoms. The number of anilines is 2. The summed E-state index contributed by atoms with van der Waals surface area (Å²) in [5.41, 5.74) is 4.31. The van der Waals surface area contributed by atoms with E-state index < -0.39 is 0 Å². The number of benzene rings is 1. The van der Waals surface area contributed by atoms with Crippen molar-refractivity contribution in [1.29, 1.82) is 0 Å². The second-order valence-corrected chi connectivity index (χ2v) is 8.28. The summed E-state index contributed by atoms with van der Waals surface area (Å²) >= 11 is 6.07.